The lowest BCUT2D eigenvalue weighted by Crippen LogP contribution is -2.41. The Morgan fingerprint density at radius 3 is 1.16 bits per heavy atom. The second kappa shape index (κ2) is 22.1. The summed E-state index contributed by atoms with van der Waals surface area (Å²) in [6, 6.07) is 106. The van der Waals surface area contributed by atoms with Crippen molar-refractivity contribution in [2.45, 2.75) is 38.9 Å². The molecule has 1 fully saturated rings. The van der Waals surface area contributed by atoms with Crippen LogP contribution in [0.5, 0.6) is 0 Å². The van der Waals surface area contributed by atoms with Crippen molar-refractivity contribution in [1.29, 1.82) is 0 Å². The molecule has 95 heavy (non-hydrogen) atoms. The number of rotatable bonds is 6. The summed E-state index contributed by atoms with van der Waals surface area (Å²) in [5, 5.41) is 21.6. The number of fused-ring (bicyclic) bond motifs is 20. The Balaban J connectivity index is 0.000000154. The number of hydrogen-bond donors (Lipinski definition) is 0. The quantitative estimate of drug-likeness (QED) is 0.122. The predicted molar refractivity (Wildman–Crippen MR) is 400 cm³/mol. The van der Waals surface area contributed by atoms with E-state index in [9.17, 15) is 0 Å². The van der Waals surface area contributed by atoms with E-state index in [0.717, 1.165) is 94.3 Å². The molecule has 448 valence electrons. The van der Waals surface area contributed by atoms with Gasteiger partial charge in [0.15, 0.2) is 0 Å². The number of aromatic nitrogens is 4. The van der Waals surface area contributed by atoms with Crippen molar-refractivity contribution in [3.8, 4) is 56.2 Å². The van der Waals surface area contributed by atoms with Crippen molar-refractivity contribution >= 4 is 132 Å². The first-order chi connectivity index (χ1) is 46.6. The van der Waals surface area contributed by atoms with Gasteiger partial charge >= 0.3 is 7.12 Å². The summed E-state index contributed by atoms with van der Waals surface area (Å²) in [5.41, 5.74) is 14.5. The highest BCUT2D eigenvalue weighted by Crippen LogP contribution is 2.47. The van der Waals surface area contributed by atoms with E-state index in [-0.39, 0.29) is 0 Å². The minimum absolute atomic E-state index is 0.392. The van der Waals surface area contributed by atoms with Gasteiger partial charge in [0, 0.05) is 65.3 Å². The van der Waals surface area contributed by atoms with Gasteiger partial charge in [-0.05, 0) is 128 Å². The van der Waals surface area contributed by atoms with Crippen LogP contribution in [0, 0.1) is 0 Å². The number of para-hydroxylation sites is 2. The van der Waals surface area contributed by atoms with Gasteiger partial charge in [0.2, 0.25) is 0 Å². The van der Waals surface area contributed by atoms with Crippen molar-refractivity contribution in [2.24, 2.45) is 0 Å². The average Bonchev–Trinajstić information content (AvgIpc) is 1.24. The maximum atomic E-state index is 6.38. The topological polar surface area (TPSA) is 70.0 Å². The summed E-state index contributed by atoms with van der Waals surface area (Å²) in [6.07, 6.45) is 0. The van der Waals surface area contributed by atoms with E-state index in [2.05, 4.69) is 319 Å². The smallest absolute Gasteiger partial charge is 0.399 e. The molecule has 14 aromatic carbocycles. The molecule has 0 saturated carbocycles. The van der Waals surface area contributed by atoms with E-state index in [0.29, 0.717) is 0 Å². The Bertz CT molecular complexity index is 6190. The standard InChI is InChI=1S/C55H33N3.C33H28BNO2/c1-2-13-34(14-3-1)48-31-27-35-25-26-36-28-32-50(58-55(36)54(35)56-48)44-30-29-39(40-17-4-5-18-41(40)44)37-15-12-16-38(33-37)53-52-46-22-9-7-20-43(46)42-19-6-8-21-45(42)51(52)47-23-10-11-24-49(47)57-53;1-32(2)33(3,4)37-34(36-32)22-13-11-12-21(20-22)31-30-26-17-8-6-15-24(26)23-14-5-7-16-25(23)29(30)27-18-9-10-19-28(27)35-31/h1-33H;5-20H,1-4H3. The molecule has 19 rings (SSSR count). The van der Waals surface area contributed by atoms with Crippen LogP contribution in [0.4, 0.5) is 0 Å². The van der Waals surface area contributed by atoms with Gasteiger partial charge in [-0.1, -0.05) is 267 Å². The average molecular weight is 1220 g/mol. The number of nitrogens with zero attached hydrogens (tertiary/aromatic N) is 4. The molecule has 18 aromatic rings. The molecule has 0 amide bonds. The molecule has 0 bridgehead atoms. The van der Waals surface area contributed by atoms with Crippen LogP contribution >= 0.6 is 0 Å². The number of pyridine rings is 4. The SMILES string of the molecule is CC1(C)OB(c2cccc(-c3nc4ccccc4c4c5ccccc5c5ccccc5c34)c2)OC1(C)C.c1ccc(-c2ccc3ccc4ccc(-c5ccc(-c6cccc(-c7nc8ccccc8c8c9ccccc9c9ccccc9c78)c6)c6ccccc56)nc4c3n2)cc1. The summed E-state index contributed by atoms with van der Waals surface area (Å²) >= 11 is 0. The van der Waals surface area contributed by atoms with Crippen molar-refractivity contribution in [2.75, 3.05) is 0 Å². The van der Waals surface area contributed by atoms with Crippen LogP contribution in [0.3, 0.4) is 0 Å². The molecule has 0 radical (unpaired) electrons. The van der Waals surface area contributed by atoms with Crippen molar-refractivity contribution in [1.82, 2.24) is 19.9 Å². The summed E-state index contributed by atoms with van der Waals surface area (Å²) in [6.45, 7) is 8.36. The second-order valence-corrected chi connectivity index (χ2v) is 26.1. The molecule has 1 aliphatic rings. The molecular formula is C88H61BN4O2. The zero-order chi connectivity index (χ0) is 63.5. The van der Waals surface area contributed by atoms with Gasteiger partial charge in [-0.2, -0.15) is 0 Å². The molecule has 0 aliphatic carbocycles. The zero-order valence-electron chi connectivity index (χ0n) is 53.0. The van der Waals surface area contributed by atoms with E-state index in [4.69, 9.17) is 29.2 Å². The fourth-order valence-electron chi connectivity index (χ4n) is 14.8. The van der Waals surface area contributed by atoms with Crippen LogP contribution in [0.15, 0.2) is 297 Å². The molecule has 0 spiro atoms. The Kier molecular flexibility index (Phi) is 13.1. The van der Waals surface area contributed by atoms with Crippen LogP contribution < -0.4 is 5.46 Å². The summed E-state index contributed by atoms with van der Waals surface area (Å²) in [4.78, 5) is 21.2. The predicted octanol–water partition coefficient (Wildman–Crippen LogP) is 22.3. The third kappa shape index (κ3) is 9.25. The van der Waals surface area contributed by atoms with Gasteiger partial charge in [-0.3, -0.25) is 0 Å². The zero-order valence-corrected chi connectivity index (χ0v) is 53.0. The summed E-state index contributed by atoms with van der Waals surface area (Å²) in [5.74, 6) is 0. The summed E-state index contributed by atoms with van der Waals surface area (Å²) < 4.78 is 12.8. The van der Waals surface area contributed by atoms with Crippen LogP contribution in [0.25, 0.3) is 175 Å². The Morgan fingerprint density at radius 1 is 0.263 bits per heavy atom. The fourth-order valence-corrected chi connectivity index (χ4v) is 14.8. The van der Waals surface area contributed by atoms with E-state index >= 15 is 0 Å². The van der Waals surface area contributed by atoms with Gasteiger partial charge in [-0.25, -0.2) is 19.9 Å². The van der Waals surface area contributed by atoms with Crippen LogP contribution in [-0.4, -0.2) is 38.3 Å². The molecule has 1 aliphatic heterocycles. The largest absolute Gasteiger partial charge is 0.494 e. The van der Waals surface area contributed by atoms with E-state index < -0.39 is 18.3 Å². The monoisotopic (exact) mass is 1220 g/mol. The van der Waals surface area contributed by atoms with E-state index in [1.54, 1.807) is 0 Å². The lowest BCUT2D eigenvalue weighted by Gasteiger charge is -2.32. The second-order valence-electron chi connectivity index (χ2n) is 26.1. The first kappa shape index (κ1) is 56.3. The van der Waals surface area contributed by atoms with E-state index in [1.807, 2.05) is 6.07 Å². The third-order valence-electron chi connectivity index (χ3n) is 20.1. The number of benzene rings is 14. The van der Waals surface area contributed by atoms with Gasteiger partial charge in [0.25, 0.3) is 0 Å². The minimum Gasteiger partial charge on any atom is -0.399 e. The Morgan fingerprint density at radius 2 is 0.632 bits per heavy atom. The molecule has 1 saturated heterocycles. The molecule has 0 atom stereocenters. The first-order valence-corrected chi connectivity index (χ1v) is 32.7. The van der Waals surface area contributed by atoms with Gasteiger partial charge in [0.1, 0.15) is 0 Å². The molecule has 4 aromatic heterocycles. The normalized spacial score (nSPS) is 13.7. The minimum atomic E-state index is -0.422. The molecule has 7 heteroatoms. The highest BCUT2D eigenvalue weighted by atomic mass is 16.7. The molecular weight excluding hydrogens is 1160 g/mol. The van der Waals surface area contributed by atoms with Crippen molar-refractivity contribution in [3.63, 3.8) is 0 Å². The maximum Gasteiger partial charge on any atom is 0.494 e. The molecule has 0 N–H and O–H groups in total. The third-order valence-corrected chi connectivity index (χ3v) is 20.1. The first-order valence-electron chi connectivity index (χ1n) is 32.7. The molecule has 6 nitrogen and oxygen atoms in total. The van der Waals surface area contributed by atoms with Crippen LogP contribution in [-0.2, 0) is 9.31 Å². The highest BCUT2D eigenvalue weighted by molar-refractivity contribution is 6.62. The Labute approximate surface area is 549 Å². The maximum absolute atomic E-state index is 6.38. The lowest BCUT2D eigenvalue weighted by molar-refractivity contribution is 0.00578. The highest BCUT2D eigenvalue weighted by Gasteiger charge is 2.51. The van der Waals surface area contributed by atoms with Gasteiger partial charge in [0.05, 0.1) is 56.0 Å². The lowest BCUT2D eigenvalue weighted by atomic mass is 9.78. The number of hydrogen-bond acceptors (Lipinski definition) is 6. The van der Waals surface area contributed by atoms with E-state index in [1.165, 1.54) is 86.4 Å². The molecule has 5 heterocycles. The van der Waals surface area contributed by atoms with Crippen LogP contribution in [0.2, 0.25) is 0 Å². The van der Waals surface area contributed by atoms with Crippen molar-refractivity contribution < 1.29 is 9.31 Å². The summed E-state index contributed by atoms with van der Waals surface area (Å²) in [7, 11) is -0.422. The van der Waals surface area contributed by atoms with Gasteiger partial charge < -0.3 is 9.31 Å². The molecule has 0 unspecified atom stereocenters. The van der Waals surface area contributed by atoms with Crippen LogP contribution in [0.1, 0.15) is 27.7 Å². The Hall–Kier alpha value is -11.5. The van der Waals surface area contributed by atoms with Crippen molar-refractivity contribution in [3.05, 3.63) is 297 Å². The van der Waals surface area contributed by atoms with Gasteiger partial charge in [-0.15, -0.1) is 0 Å². The fraction of sp³-hybridized carbons (Fsp3) is 0.0682.